The molecular formula is C28H26ClFN6O2. The molecule has 1 aromatic carbocycles. The van der Waals surface area contributed by atoms with Crippen molar-refractivity contribution in [3.05, 3.63) is 75.4 Å². The molecule has 6 rings (SSSR count). The van der Waals surface area contributed by atoms with Gasteiger partial charge in [0.2, 0.25) is 5.91 Å². The molecule has 38 heavy (non-hydrogen) atoms. The summed E-state index contributed by atoms with van der Waals surface area (Å²) in [5, 5.41) is 17.3. The second-order valence-electron chi connectivity index (χ2n) is 10.6. The molecule has 3 aromatic rings. The molecule has 2 amide bonds. The molecule has 0 radical (unpaired) electrons. The van der Waals surface area contributed by atoms with Crippen molar-refractivity contribution in [1.82, 2.24) is 20.1 Å². The third-order valence-electron chi connectivity index (χ3n) is 8.18. The Hall–Kier alpha value is -3.77. The van der Waals surface area contributed by atoms with Crippen molar-refractivity contribution in [3.63, 3.8) is 0 Å². The zero-order valence-corrected chi connectivity index (χ0v) is 21.7. The summed E-state index contributed by atoms with van der Waals surface area (Å²) in [4.78, 5) is 31.3. The minimum absolute atomic E-state index is 0.0185. The number of rotatable bonds is 6. The lowest BCUT2D eigenvalue weighted by Gasteiger charge is -2.36. The minimum Gasteiger partial charge on any atom is -0.349 e. The first-order valence-corrected chi connectivity index (χ1v) is 13.1. The van der Waals surface area contributed by atoms with Gasteiger partial charge in [-0.1, -0.05) is 11.6 Å². The largest absolute Gasteiger partial charge is 0.349 e. The van der Waals surface area contributed by atoms with E-state index in [0.717, 1.165) is 24.8 Å². The zero-order valence-electron chi connectivity index (χ0n) is 21.0. The van der Waals surface area contributed by atoms with E-state index in [4.69, 9.17) is 11.6 Å². The number of anilines is 1. The Bertz CT molecular complexity index is 1510. The van der Waals surface area contributed by atoms with Crippen molar-refractivity contribution in [2.45, 2.75) is 51.1 Å². The lowest BCUT2D eigenvalue weighted by Crippen LogP contribution is -2.43. The van der Waals surface area contributed by atoms with Gasteiger partial charge in [0, 0.05) is 47.0 Å². The fourth-order valence-corrected chi connectivity index (χ4v) is 5.85. The monoisotopic (exact) mass is 532 g/mol. The molecule has 1 aliphatic heterocycles. The van der Waals surface area contributed by atoms with Gasteiger partial charge in [0.15, 0.2) is 0 Å². The average Bonchev–Trinajstić information content (AvgIpc) is 3.33. The minimum atomic E-state index is -0.500. The highest BCUT2D eigenvalue weighted by atomic mass is 35.5. The molecule has 10 heteroatoms. The van der Waals surface area contributed by atoms with E-state index in [9.17, 15) is 14.9 Å². The zero-order chi connectivity index (χ0) is 26.7. The molecule has 0 spiro atoms. The predicted molar refractivity (Wildman–Crippen MR) is 138 cm³/mol. The van der Waals surface area contributed by atoms with Gasteiger partial charge in [0.1, 0.15) is 11.6 Å². The SMILES string of the molecule is Cc1c(N2CC3CC3C2=O)ncc(C(C)n2cc(C(=O)NC3CC(c4cc(Cl)ccc4C#N)C3)cn2)c1F. The van der Waals surface area contributed by atoms with Gasteiger partial charge in [-0.2, -0.15) is 10.4 Å². The van der Waals surface area contributed by atoms with Crippen LogP contribution in [0.3, 0.4) is 0 Å². The van der Waals surface area contributed by atoms with Crippen molar-refractivity contribution in [1.29, 1.82) is 5.26 Å². The van der Waals surface area contributed by atoms with Gasteiger partial charge in [0.05, 0.1) is 29.4 Å². The smallest absolute Gasteiger partial charge is 0.254 e. The van der Waals surface area contributed by atoms with Crippen molar-refractivity contribution in [3.8, 4) is 6.07 Å². The lowest BCUT2D eigenvalue weighted by atomic mass is 9.74. The number of nitrogens with zero attached hydrogens (tertiary/aromatic N) is 5. The summed E-state index contributed by atoms with van der Waals surface area (Å²) in [5.74, 6) is 0.352. The highest BCUT2D eigenvalue weighted by Gasteiger charge is 2.53. The van der Waals surface area contributed by atoms with E-state index in [1.165, 1.54) is 12.4 Å². The van der Waals surface area contributed by atoms with Crippen molar-refractivity contribution < 1.29 is 14.0 Å². The molecule has 2 saturated carbocycles. The number of hydrogen-bond donors (Lipinski definition) is 1. The normalized spacial score (nSPS) is 24.4. The number of carbonyl (C=O) groups is 2. The first-order chi connectivity index (χ1) is 18.2. The van der Waals surface area contributed by atoms with Crippen LogP contribution in [0.1, 0.15) is 70.8 Å². The maximum Gasteiger partial charge on any atom is 0.254 e. The van der Waals surface area contributed by atoms with Gasteiger partial charge in [-0.3, -0.25) is 19.2 Å². The summed E-state index contributed by atoms with van der Waals surface area (Å²) < 4.78 is 16.9. The number of halogens is 2. The number of nitrogens with one attached hydrogen (secondary N) is 1. The fraction of sp³-hybridized carbons (Fsp3) is 0.393. The summed E-state index contributed by atoms with van der Waals surface area (Å²) in [7, 11) is 0. The van der Waals surface area contributed by atoms with Crippen LogP contribution in [-0.4, -0.2) is 39.2 Å². The van der Waals surface area contributed by atoms with Gasteiger partial charge in [0.25, 0.3) is 5.91 Å². The Kier molecular flexibility index (Phi) is 5.95. The molecule has 3 fully saturated rings. The number of carbonyl (C=O) groups excluding carboxylic acids is 2. The number of fused-ring (bicyclic) bond motifs is 1. The topological polar surface area (TPSA) is 104 Å². The molecule has 3 atom stereocenters. The first-order valence-electron chi connectivity index (χ1n) is 12.8. The van der Waals surface area contributed by atoms with Crippen LogP contribution in [0.15, 0.2) is 36.8 Å². The van der Waals surface area contributed by atoms with Crippen LogP contribution in [0.4, 0.5) is 10.2 Å². The van der Waals surface area contributed by atoms with Crippen molar-refractivity contribution >= 4 is 29.2 Å². The molecule has 2 aromatic heterocycles. The third-order valence-corrected chi connectivity index (χ3v) is 8.42. The van der Waals surface area contributed by atoms with Gasteiger partial charge in [-0.25, -0.2) is 9.37 Å². The summed E-state index contributed by atoms with van der Waals surface area (Å²) in [6.45, 7) is 4.03. The van der Waals surface area contributed by atoms with Crippen LogP contribution in [0.25, 0.3) is 0 Å². The number of hydrogen-bond acceptors (Lipinski definition) is 5. The molecule has 0 bridgehead atoms. The van der Waals surface area contributed by atoms with E-state index in [1.807, 2.05) is 6.07 Å². The van der Waals surface area contributed by atoms with Crippen LogP contribution in [0.5, 0.6) is 0 Å². The Morgan fingerprint density at radius 3 is 2.79 bits per heavy atom. The molecule has 3 aliphatic rings. The van der Waals surface area contributed by atoms with Gasteiger partial charge in [-0.05, 0) is 68.7 Å². The standard InChI is InChI=1S/C28H26ClFN6O2/c1-14-25(30)24(11-32-26(14)35-12-18-7-23(18)28(35)38)15(2)36-13-19(10-33-36)27(37)34-21-5-17(6-21)22-8-20(29)4-3-16(22)9-31/h3-4,8,10-11,13,15,17-18,21,23H,5-7,12H2,1-2H3,(H,34,37). The molecular weight excluding hydrogens is 507 g/mol. The lowest BCUT2D eigenvalue weighted by molar-refractivity contribution is -0.118. The summed E-state index contributed by atoms with van der Waals surface area (Å²) in [6.07, 6.45) is 6.88. The highest BCUT2D eigenvalue weighted by Crippen LogP contribution is 2.47. The first kappa shape index (κ1) is 24.6. The van der Waals surface area contributed by atoms with E-state index < -0.39 is 11.9 Å². The fourth-order valence-electron chi connectivity index (χ4n) is 5.67. The summed E-state index contributed by atoms with van der Waals surface area (Å²) >= 11 is 6.11. The molecule has 194 valence electrons. The van der Waals surface area contributed by atoms with E-state index in [0.29, 0.717) is 45.6 Å². The summed E-state index contributed by atoms with van der Waals surface area (Å²) in [5.41, 5.74) is 2.58. The Balaban J connectivity index is 1.11. The maximum atomic E-state index is 15.4. The summed E-state index contributed by atoms with van der Waals surface area (Å²) in [6, 6.07) is 6.93. The number of aromatic nitrogens is 3. The molecule has 8 nitrogen and oxygen atoms in total. The Morgan fingerprint density at radius 1 is 1.29 bits per heavy atom. The molecule has 1 saturated heterocycles. The van der Waals surface area contributed by atoms with Gasteiger partial charge in [-0.15, -0.1) is 0 Å². The molecule has 3 unspecified atom stereocenters. The second-order valence-corrected chi connectivity index (χ2v) is 11.0. The predicted octanol–water partition coefficient (Wildman–Crippen LogP) is 4.52. The Labute approximate surface area is 224 Å². The van der Waals surface area contributed by atoms with E-state index in [-0.39, 0.29) is 29.7 Å². The highest BCUT2D eigenvalue weighted by molar-refractivity contribution is 6.30. The van der Waals surface area contributed by atoms with Crippen LogP contribution >= 0.6 is 11.6 Å². The Morgan fingerprint density at radius 2 is 2.08 bits per heavy atom. The number of benzene rings is 1. The van der Waals surface area contributed by atoms with E-state index >= 15 is 4.39 Å². The van der Waals surface area contributed by atoms with Crippen LogP contribution < -0.4 is 10.2 Å². The van der Waals surface area contributed by atoms with E-state index in [1.54, 1.807) is 41.8 Å². The van der Waals surface area contributed by atoms with Gasteiger partial charge >= 0.3 is 0 Å². The van der Waals surface area contributed by atoms with Crippen LogP contribution in [-0.2, 0) is 4.79 Å². The number of pyridine rings is 1. The number of nitriles is 1. The quantitative estimate of drug-likeness (QED) is 0.502. The maximum absolute atomic E-state index is 15.4. The van der Waals surface area contributed by atoms with Crippen LogP contribution in [0.2, 0.25) is 5.02 Å². The van der Waals surface area contributed by atoms with Crippen molar-refractivity contribution in [2.24, 2.45) is 11.8 Å². The molecule has 1 N–H and O–H groups in total. The average molecular weight is 533 g/mol. The van der Waals surface area contributed by atoms with Crippen LogP contribution in [0, 0.1) is 35.9 Å². The van der Waals surface area contributed by atoms with E-state index in [2.05, 4.69) is 21.5 Å². The van der Waals surface area contributed by atoms with Gasteiger partial charge < -0.3 is 5.32 Å². The molecule has 3 heterocycles. The second kappa shape index (κ2) is 9.21. The number of amides is 2. The van der Waals surface area contributed by atoms with Crippen molar-refractivity contribution in [2.75, 3.05) is 11.4 Å². The third kappa shape index (κ3) is 4.13. The number of piperidine rings is 1. The molecule has 2 aliphatic carbocycles.